The number of amides is 2. The lowest BCUT2D eigenvalue weighted by atomic mass is 10.1. The van der Waals surface area contributed by atoms with Crippen molar-refractivity contribution >= 4 is 11.8 Å². The molecule has 0 saturated carbocycles. The van der Waals surface area contributed by atoms with Crippen LogP contribution in [0.2, 0.25) is 0 Å². The number of rotatable bonds is 12. The zero-order valence-corrected chi connectivity index (χ0v) is 19.0. The van der Waals surface area contributed by atoms with Gasteiger partial charge in [0.2, 0.25) is 11.8 Å². The van der Waals surface area contributed by atoms with E-state index in [4.69, 9.17) is 9.47 Å². The molecule has 31 heavy (non-hydrogen) atoms. The average Bonchev–Trinajstić information content (AvgIpc) is 2.76. The number of carbonyl (C=O) groups is 2. The van der Waals surface area contributed by atoms with Crippen molar-refractivity contribution in [3.8, 4) is 11.5 Å². The van der Waals surface area contributed by atoms with E-state index in [0.29, 0.717) is 32.4 Å². The lowest BCUT2D eigenvalue weighted by molar-refractivity contribution is -0.141. The van der Waals surface area contributed by atoms with Crippen molar-refractivity contribution < 1.29 is 19.1 Å². The maximum absolute atomic E-state index is 13.2. The van der Waals surface area contributed by atoms with Crippen molar-refractivity contribution in [3.05, 3.63) is 60.2 Å². The van der Waals surface area contributed by atoms with Gasteiger partial charge in [-0.3, -0.25) is 9.59 Å². The highest BCUT2D eigenvalue weighted by molar-refractivity contribution is 5.87. The van der Waals surface area contributed by atoms with Gasteiger partial charge < -0.3 is 19.7 Å². The van der Waals surface area contributed by atoms with Gasteiger partial charge in [0.15, 0.2) is 0 Å². The third kappa shape index (κ3) is 7.96. The van der Waals surface area contributed by atoms with E-state index in [1.54, 1.807) is 12.0 Å². The maximum atomic E-state index is 13.2. The number of nitrogens with one attached hydrogen (secondary N) is 1. The number of nitrogens with zero attached hydrogens (tertiary/aromatic N) is 1. The fraction of sp³-hybridized carbons (Fsp3) is 0.440. The molecule has 0 fully saturated rings. The number of benzene rings is 2. The summed E-state index contributed by atoms with van der Waals surface area (Å²) < 4.78 is 11.0. The second kappa shape index (κ2) is 12.6. The number of methoxy groups -OCH3 is 1. The molecule has 0 aliphatic carbocycles. The van der Waals surface area contributed by atoms with E-state index < -0.39 is 6.04 Å². The highest BCUT2D eigenvalue weighted by Gasteiger charge is 2.28. The minimum absolute atomic E-state index is 0.00888. The van der Waals surface area contributed by atoms with E-state index in [1.807, 2.05) is 75.4 Å². The van der Waals surface area contributed by atoms with E-state index in [-0.39, 0.29) is 17.9 Å². The molecule has 0 aliphatic heterocycles. The molecule has 0 bridgehead atoms. The molecule has 0 aliphatic rings. The monoisotopic (exact) mass is 426 g/mol. The average molecular weight is 427 g/mol. The molecule has 6 nitrogen and oxygen atoms in total. The van der Waals surface area contributed by atoms with Gasteiger partial charge in [0.1, 0.15) is 17.5 Å². The van der Waals surface area contributed by atoms with Crippen molar-refractivity contribution in [1.29, 1.82) is 0 Å². The van der Waals surface area contributed by atoms with Gasteiger partial charge in [0.25, 0.3) is 0 Å². The van der Waals surface area contributed by atoms with E-state index in [0.717, 1.165) is 17.1 Å². The van der Waals surface area contributed by atoms with Gasteiger partial charge >= 0.3 is 0 Å². The normalized spacial score (nSPS) is 11.6. The van der Waals surface area contributed by atoms with Crippen LogP contribution >= 0.6 is 0 Å². The molecule has 1 atom stereocenters. The second-order valence-corrected chi connectivity index (χ2v) is 7.73. The predicted molar refractivity (Wildman–Crippen MR) is 122 cm³/mol. The Morgan fingerprint density at radius 1 is 1.03 bits per heavy atom. The van der Waals surface area contributed by atoms with Gasteiger partial charge in [-0.25, -0.2) is 0 Å². The summed E-state index contributed by atoms with van der Waals surface area (Å²) in [4.78, 5) is 27.6. The van der Waals surface area contributed by atoms with Gasteiger partial charge in [-0.2, -0.15) is 0 Å². The standard InChI is InChI=1S/C25H34N2O4/c1-5-23(25(29)26-19(2)3)27(18-20-11-9-14-22(17-20)30-4)24(28)15-10-16-31-21-12-7-6-8-13-21/h6-9,11-14,17,19,23H,5,10,15-16,18H2,1-4H3,(H,26,29)/t23-/m0/s1. The zero-order valence-electron chi connectivity index (χ0n) is 19.0. The molecule has 2 aromatic rings. The first kappa shape index (κ1) is 24.3. The van der Waals surface area contributed by atoms with Crippen molar-refractivity contribution in [3.63, 3.8) is 0 Å². The molecular weight excluding hydrogens is 392 g/mol. The van der Waals surface area contributed by atoms with Gasteiger partial charge in [0.05, 0.1) is 13.7 Å². The number of ether oxygens (including phenoxy) is 2. The molecule has 0 aromatic heterocycles. The lowest BCUT2D eigenvalue weighted by Gasteiger charge is -2.31. The second-order valence-electron chi connectivity index (χ2n) is 7.73. The Balaban J connectivity index is 2.08. The van der Waals surface area contributed by atoms with Crippen LogP contribution in [0.15, 0.2) is 54.6 Å². The minimum Gasteiger partial charge on any atom is -0.497 e. The SMILES string of the molecule is CC[C@@H](C(=O)NC(C)C)N(Cc1cccc(OC)c1)C(=O)CCCOc1ccccc1. The zero-order chi connectivity index (χ0) is 22.6. The maximum Gasteiger partial charge on any atom is 0.243 e. The lowest BCUT2D eigenvalue weighted by Crippen LogP contribution is -2.50. The van der Waals surface area contributed by atoms with Crippen LogP contribution < -0.4 is 14.8 Å². The number of hydrogen-bond donors (Lipinski definition) is 1. The Kier molecular flexibility index (Phi) is 9.88. The fourth-order valence-electron chi connectivity index (χ4n) is 3.34. The molecule has 2 rings (SSSR count). The third-order valence-corrected chi connectivity index (χ3v) is 4.85. The van der Waals surface area contributed by atoms with Crippen molar-refractivity contribution in [2.45, 2.75) is 58.7 Å². The van der Waals surface area contributed by atoms with Gasteiger partial charge in [0, 0.05) is 19.0 Å². The molecule has 1 N–H and O–H groups in total. The van der Waals surface area contributed by atoms with E-state index in [2.05, 4.69) is 5.32 Å². The van der Waals surface area contributed by atoms with Crippen molar-refractivity contribution in [2.75, 3.05) is 13.7 Å². The van der Waals surface area contributed by atoms with Gasteiger partial charge in [-0.1, -0.05) is 37.3 Å². The summed E-state index contributed by atoms with van der Waals surface area (Å²) in [6, 6.07) is 16.6. The quantitative estimate of drug-likeness (QED) is 0.517. The number of hydrogen-bond acceptors (Lipinski definition) is 4. The van der Waals surface area contributed by atoms with Crippen molar-refractivity contribution in [1.82, 2.24) is 10.2 Å². The molecule has 2 amide bonds. The van der Waals surface area contributed by atoms with E-state index in [9.17, 15) is 9.59 Å². The predicted octanol–water partition coefficient (Wildman–Crippen LogP) is 4.19. The topological polar surface area (TPSA) is 67.9 Å². The number of carbonyl (C=O) groups excluding carboxylic acids is 2. The first-order valence-electron chi connectivity index (χ1n) is 10.8. The van der Waals surface area contributed by atoms with Crippen LogP contribution in [0.4, 0.5) is 0 Å². The molecular formula is C25H34N2O4. The van der Waals surface area contributed by atoms with E-state index >= 15 is 0 Å². The molecule has 0 saturated heterocycles. The fourth-order valence-corrected chi connectivity index (χ4v) is 3.34. The van der Waals surface area contributed by atoms with Crippen LogP contribution in [0.1, 0.15) is 45.6 Å². The minimum atomic E-state index is -0.531. The first-order valence-corrected chi connectivity index (χ1v) is 10.8. The molecule has 6 heteroatoms. The summed E-state index contributed by atoms with van der Waals surface area (Å²) in [5.41, 5.74) is 0.920. The largest absolute Gasteiger partial charge is 0.497 e. The third-order valence-electron chi connectivity index (χ3n) is 4.85. The molecule has 168 valence electrons. The Morgan fingerprint density at radius 3 is 2.39 bits per heavy atom. The van der Waals surface area contributed by atoms with Crippen LogP contribution in [-0.4, -0.2) is 42.5 Å². The summed E-state index contributed by atoms with van der Waals surface area (Å²) in [7, 11) is 1.61. The summed E-state index contributed by atoms with van der Waals surface area (Å²) in [6.07, 6.45) is 1.42. The van der Waals surface area contributed by atoms with Crippen LogP contribution in [0.25, 0.3) is 0 Å². The Hall–Kier alpha value is -3.02. The summed E-state index contributed by atoms with van der Waals surface area (Å²) >= 11 is 0. The summed E-state index contributed by atoms with van der Waals surface area (Å²) in [5.74, 6) is 1.31. The van der Waals surface area contributed by atoms with Crippen LogP contribution in [0, 0.1) is 0 Å². The summed E-state index contributed by atoms with van der Waals surface area (Å²) in [5, 5.41) is 2.94. The molecule has 0 radical (unpaired) electrons. The van der Waals surface area contributed by atoms with Gasteiger partial charge in [-0.05, 0) is 56.5 Å². The molecule has 2 aromatic carbocycles. The van der Waals surface area contributed by atoms with Crippen LogP contribution in [0.3, 0.4) is 0 Å². The first-order chi connectivity index (χ1) is 14.9. The smallest absolute Gasteiger partial charge is 0.243 e. The Morgan fingerprint density at radius 2 is 1.74 bits per heavy atom. The Bertz CT molecular complexity index is 823. The number of para-hydroxylation sites is 1. The van der Waals surface area contributed by atoms with Gasteiger partial charge in [-0.15, -0.1) is 0 Å². The highest BCUT2D eigenvalue weighted by Crippen LogP contribution is 2.18. The molecule has 0 spiro atoms. The van der Waals surface area contributed by atoms with E-state index in [1.165, 1.54) is 0 Å². The van der Waals surface area contributed by atoms with Crippen LogP contribution in [0.5, 0.6) is 11.5 Å². The molecule has 0 heterocycles. The highest BCUT2D eigenvalue weighted by atomic mass is 16.5. The van der Waals surface area contributed by atoms with Crippen LogP contribution in [-0.2, 0) is 16.1 Å². The summed E-state index contributed by atoms with van der Waals surface area (Å²) in [6.45, 7) is 6.55. The van der Waals surface area contributed by atoms with Crippen molar-refractivity contribution in [2.24, 2.45) is 0 Å². The molecule has 0 unspecified atom stereocenters. The Labute approximate surface area is 185 Å².